The normalized spacial score (nSPS) is 17.1. The second-order valence-electron chi connectivity index (χ2n) is 3.19. The largest absolute Gasteiger partial charge is 0.374 e. The molecule has 1 aliphatic heterocycles. The van der Waals surface area contributed by atoms with Gasteiger partial charge in [0.15, 0.2) is 0 Å². The molecule has 0 N–H and O–H groups in total. The van der Waals surface area contributed by atoms with E-state index in [1.807, 2.05) is 12.1 Å². The van der Waals surface area contributed by atoms with E-state index in [0.717, 1.165) is 18.2 Å². The molecule has 0 radical (unpaired) electrons. The van der Waals surface area contributed by atoms with Crippen molar-refractivity contribution in [1.82, 2.24) is 0 Å². The summed E-state index contributed by atoms with van der Waals surface area (Å²) in [4.78, 5) is 10.1. The molecule has 0 saturated carbocycles. The predicted octanol–water partition coefficient (Wildman–Crippen LogP) is 2.54. The fourth-order valence-electron chi connectivity index (χ4n) is 1.48. The quantitative estimate of drug-likeness (QED) is 0.546. The minimum atomic E-state index is -0.0880. The molecule has 0 amide bonds. The third kappa shape index (κ3) is 2.06. The molecular weight excluding hydrogens is 222 g/mol. The van der Waals surface area contributed by atoms with Gasteiger partial charge in [0.25, 0.3) is 0 Å². The molecule has 0 aliphatic carbocycles. The van der Waals surface area contributed by atoms with Crippen molar-refractivity contribution < 1.29 is 9.69 Å². The Balaban J connectivity index is 2.26. The van der Waals surface area contributed by atoms with Gasteiger partial charge in [-0.15, -0.1) is 0 Å². The van der Waals surface area contributed by atoms with Crippen LogP contribution in [0.5, 0.6) is 0 Å². The van der Waals surface area contributed by atoms with Gasteiger partial charge in [0.1, 0.15) is 0 Å². The van der Waals surface area contributed by atoms with E-state index >= 15 is 0 Å². The molecule has 1 saturated heterocycles. The van der Waals surface area contributed by atoms with Crippen LogP contribution in [-0.4, -0.2) is 13.5 Å². The summed E-state index contributed by atoms with van der Waals surface area (Å²) in [5.41, 5.74) is 0.902. The molecule has 1 aliphatic rings. The van der Waals surface area contributed by atoms with Crippen LogP contribution in [0.15, 0.2) is 18.2 Å². The monoisotopic (exact) mass is 230 g/mol. The van der Waals surface area contributed by atoms with E-state index in [0.29, 0.717) is 16.7 Å². The zero-order valence-electron chi connectivity index (χ0n) is 7.50. The molecule has 14 heavy (non-hydrogen) atoms. The fourth-order valence-corrected chi connectivity index (χ4v) is 1.91. The number of halogens is 2. The van der Waals surface area contributed by atoms with Crippen LogP contribution in [0.25, 0.3) is 0 Å². The first-order valence-corrected chi connectivity index (χ1v) is 5.27. The molecule has 0 spiro atoms. The van der Waals surface area contributed by atoms with Gasteiger partial charge in [-0.25, -0.2) is 0 Å². The molecule has 0 atom stereocenters. The molecule has 1 fully saturated rings. The highest BCUT2D eigenvalue weighted by molar-refractivity contribution is 6.70. The van der Waals surface area contributed by atoms with E-state index in [2.05, 4.69) is 0 Å². The van der Waals surface area contributed by atoms with Crippen molar-refractivity contribution >= 4 is 35.6 Å². The summed E-state index contributed by atoms with van der Waals surface area (Å²) in [6.45, 7) is 0.559. The van der Waals surface area contributed by atoms with Crippen LogP contribution in [0.3, 0.4) is 0 Å². The lowest BCUT2D eigenvalue weighted by Crippen LogP contribution is -2.37. The van der Waals surface area contributed by atoms with Crippen LogP contribution in [0.2, 0.25) is 16.4 Å². The summed E-state index contributed by atoms with van der Waals surface area (Å²) in [7, 11) is 0. The maximum atomic E-state index is 6.06. The van der Waals surface area contributed by atoms with Gasteiger partial charge in [-0.1, -0.05) is 35.3 Å². The van der Waals surface area contributed by atoms with Crippen LogP contribution in [-0.2, 0) is 9.69 Å². The lowest BCUT2D eigenvalue weighted by Gasteiger charge is -2.19. The van der Waals surface area contributed by atoms with E-state index in [1.54, 1.807) is 6.07 Å². The molecule has 1 aromatic rings. The first-order valence-electron chi connectivity index (χ1n) is 4.51. The standard InChI is InChI=1S/C9H9BCl2O2/c11-8-4-1-3-7(9(8)12)10-5-2-6-13-14-10/h1,3-4H,2,5-6H2. The molecule has 74 valence electrons. The van der Waals surface area contributed by atoms with E-state index in [9.17, 15) is 0 Å². The van der Waals surface area contributed by atoms with Gasteiger partial charge >= 0.3 is 6.92 Å². The van der Waals surface area contributed by atoms with Gasteiger partial charge in [0.05, 0.1) is 16.7 Å². The molecule has 0 aromatic heterocycles. The van der Waals surface area contributed by atoms with E-state index in [1.165, 1.54) is 0 Å². The van der Waals surface area contributed by atoms with E-state index in [-0.39, 0.29) is 6.92 Å². The Kier molecular flexibility index (Phi) is 3.34. The highest BCUT2D eigenvalue weighted by atomic mass is 35.5. The highest BCUT2D eigenvalue weighted by Crippen LogP contribution is 2.21. The Morgan fingerprint density at radius 3 is 2.86 bits per heavy atom. The Labute approximate surface area is 93.1 Å². The lowest BCUT2D eigenvalue weighted by atomic mass is 9.57. The lowest BCUT2D eigenvalue weighted by molar-refractivity contribution is -0.220. The van der Waals surface area contributed by atoms with Crippen LogP contribution in [0.4, 0.5) is 0 Å². The average Bonchev–Trinajstić information content (AvgIpc) is 2.23. The first kappa shape index (κ1) is 10.3. The van der Waals surface area contributed by atoms with Crippen molar-refractivity contribution in [3.63, 3.8) is 0 Å². The minimum Gasteiger partial charge on any atom is -0.298 e. The summed E-state index contributed by atoms with van der Waals surface area (Å²) in [6.07, 6.45) is 1.90. The van der Waals surface area contributed by atoms with Crippen LogP contribution in [0, 0.1) is 0 Å². The summed E-state index contributed by atoms with van der Waals surface area (Å²) >= 11 is 12.0. The summed E-state index contributed by atoms with van der Waals surface area (Å²) < 4.78 is 0. The highest BCUT2D eigenvalue weighted by Gasteiger charge is 2.26. The van der Waals surface area contributed by atoms with Gasteiger partial charge < -0.3 is 0 Å². The number of hydrogen-bond acceptors (Lipinski definition) is 2. The van der Waals surface area contributed by atoms with E-state index < -0.39 is 0 Å². The number of rotatable bonds is 1. The third-order valence-corrected chi connectivity index (χ3v) is 3.04. The molecule has 1 aromatic carbocycles. The molecular formula is C9H9BCl2O2. The van der Waals surface area contributed by atoms with Crippen LogP contribution < -0.4 is 5.46 Å². The summed E-state index contributed by atoms with van der Waals surface area (Å²) in [6, 6.07) is 5.53. The van der Waals surface area contributed by atoms with Crippen molar-refractivity contribution in [1.29, 1.82) is 0 Å². The van der Waals surface area contributed by atoms with Gasteiger partial charge in [-0.05, 0) is 24.3 Å². The van der Waals surface area contributed by atoms with Crippen molar-refractivity contribution in [3.05, 3.63) is 28.2 Å². The Bertz CT molecular complexity index is 327. The fraction of sp³-hybridized carbons (Fsp3) is 0.333. The van der Waals surface area contributed by atoms with Gasteiger partial charge in [0.2, 0.25) is 0 Å². The third-order valence-electron chi connectivity index (χ3n) is 2.21. The Morgan fingerprint density at radius 2 is 2.14 bits per heavy atom. The van der Waals surface area contributed by atoms with Crippen LogP contribution >= 0.6 is 23.2 Å². The molecule has 2 rings (SSSR count). The summed E-state index contributed by atoms with van der Waals surface area (Å²) in [5, 5.41) is 1.11. The van der Waals surface area contributed by atoms with Gasteiger partial charge in [0, 0.05) is 0 Å². The molecule has 1 heterocycles. The van der Waals surface area contributed by atoms with Gasteiger partial charge in [-0.3, -0.25) is 9.69 Å². The zero-order chi connectivity index (χ0) is 9.97. The maximum absolute atomic E-state index is 6.06. The van der Waals surface area contributed by atoms with Crippen molar-refractivity contribution in [2.75, 3.05) is 6.61 Å². The van der Waals surface area contributed by atoms with Gasteiger partial charge in [-0.2, -0.15) is 0 Å². The Morgan fingerprint density at radius 1 is 1.29 bits per heavy atom. The zero-order valence-corrected chi connectivity index (χ0v) is 9.02. The van der Waals surface area contributed by atoms with Crippen LogP contribution in [0.1, 0.15) is 6.42 Å². The van der Waals surface area contributed by atoms with Crippen molar-refractivity contribution in [2.24, 2.45) is 0 Å². The smallest absolute Gasteiger partial charge is 0.298 e. The predicted molar refractivity (Wildman–Crippen MR) is 58.3 cm³/mol. The topological polar surface area (TPSA) is 18.5 Å². The molecule has 0 bridgehead atoms. The number of hydrogen-bond donors (Lipinski definition) is 0. The minimum absolute atomic E-state index is 0.0880. The molecule has 5 heteroatoms. The first-order chi connectivity index (χ1) is 6.79. The maximum Gasteiger partial charge on any atom is 0.374 e. The van der Waals surface area contributed by atoms with Crippen molar-refractivity contribution in [2.45, 2.75) is 12.7 Å². The summed E-state index contributed by atoms with van der Waals surface area (Å²) in [5.74, 6) is 0. The molecule has 2 nitrogen and oxygen atoms in total. The Hall–Kier alpha value is -0.215. The second kappa shape index (κ2) is 4.54. The average molecular weight is 231 g/mol. The SMILES string of the molecule is Clc1cccc(B2CCCOO2)c1Cl. The van der Waals surface area contributed by atoms with Crippen molar-refractivity contribution in [3.8, 4) is 0 Å². The second-order valence-corrected chi connectivity index (χ2v) is 3.98. The van der Waals surface area contributed by atoms with E-state index in [4.69, 9.17) is 32.9 Å². The molecule has 0 unspecified atom stereocenters. The number of benzene rings is 1.